The molecule has 116 valence electrons. The van der Waals surface area contributed by atoms with E-state index in [2.05, 4.69) is 5.32 Å². The summed E-state index contributed by atoms with van der Waals surface area (Å²) in [4.78, 5) is 24.1. The maximum absolute atomic E-state index is 12.0. The molecule has 0 bridgehead atoms. The van der Waals surface area contributed by atoms with Crippen molar-refractivity contribution in [2.75, 3.05) is 19.6 Å². The van der Waals surface area contributed by atoms with E-state index >= 15 is 0 Å². The third-order valence-electron chi connectivity index (χ3n) is 3.07. The lowest BCUT2D eigenvalue weighted by Gasteiger charge is -2.34. The molecule has 0 saturated carbocycles. The molecule has 1 amide bonds. The van der Waals surface area contributed by atoms with Crippen molar-refractivity contribution in [1.29, 1.82) is 0 Å². The Morgan fingerprint density at radius 3 is 2.70 bits per heavy atom. The molecule has 0 aromatic carbocycles. The molecule has 0 aromatic rings. The first kappa shape index (κ1) is 16.8. The minimum atomic E-state index is -0.772. The summed E-state index contributed by atoms with van der Waals surface area (Å²) in [5, 5.41) is 11.9. The zero-order valence-corrected chi connectivity index (χ0v) is 12.6. The molecule has 1 rings (SSSR count). The first-order valence-corrected chi connectivity index (χ1v) is 7.21. The Labute approximate surface area is 120 Å². The minimum Gasteiger partial charge on any atom is -0.481 e. The minimum absolute atomic E-state index is 0.176. The number of amides is 1. The quantitative estimate of drug-likeness (QED) is 0.754. The number of rotatable bonds is 5. The Morgan fingerprint density at radius 2 is 2.10 bits per heavy atom. The number of piperidine rings is 1. The van der Waals surface area contributed by atoms with E-state index in [-0.39, 0.29) is 18.6 Å². The van der Waals surface area contributed by atoms with Crippen molar-refractivity contribution in [2.24, 2.45) is 0 Å². The normalized spacial score (nSPS) is 19.8. The molecule has 20 heavy (non-hydrogen) atoms. The van der Waals surface area contributed by atoms with Crippen molar-refractivity contribution in [3.8, 4) is 0 Å². The molecule has 1 atom stereocenters. The largest absolute Gasteiger partial charge is 0.481 e. The van der Waals surface area contributed by atoms with Gasteiger partial charge >= 0.3 is 12.1 Å². The van der Waals surface area contributed by atoms with Crippen LogP contribution >= 0.6 is 0 Å². The van der Waals surface area contributed by atoms with Gasteiger partial charge in [0.15, 0.2) is 0 Å². The van der Waals surface area contributed by atoms with Crippen molar-refractivity contribution in [2.45, 2.75) is 58.1 Å². The zero-order chi connectivity index (χ0) is 15.2. The SMILES string of the molecule is CC(C)(C)OC(=O)N1CCCC(NCCCC(=O)O)C1. The van der Waals surface area contributed by atoms with Crippen LogP contribution in [0.3, 0.4) is 0 Å². The van der Waals surface area contributed by atoms with Crippen LogP contribution in [-0.2, 0) is 9.53 Å². The number of nitrogens with zero attached hydrogens (tertiary/aromatic N) is 1. The van der Waals surface area contributed by atoms with Crippen LogP contribution in [0.15, 0.2) is 0 Å². The zero-order valence-electron chi connectivity index (χ0n) is 12.6. The summed E-state index contributed by atoms with van der Waals surface area (Å²) in [5.74, 6) is -0.772. The topological polar surface area (TPSA) is 78.9 Å². The Hall–Kier alpha value is -1.30. The molecule has 1 heterocycles. The fourth-order valence-corrected chi connectivity index (χ4v) is 2.18. The summed E-state index contributed by atoms with van der Waals surface area (Å²) >= 11 is 0. The fourth-order valence-electron chi connectivity index (χ4n) is 2.18. The van der Waals surface area contributed by atoms with Crippen LogP contribution in [0.1, 0.15) is 46.5 Å². The average molecular weight is 286 g/mol. The smallest absolute Gasteiger partial charge is 0.410 e. The highest BCUT2D eigenvalue weighted by atomic mass is 16.6. The van der Waals surface area contributed by atoms with Crippen LogP contribution in [0, 0.1) is 0 Å². The van der Waals surface area contributed by atoms with Crippen LogP contribution in [-0.4, -0.2) is 53.3 Å². The van der Waals surface area contributed by atoms with Crippen LogP contribution < -0.4 is 5.32 Å². The number of carbonyl (C=O) groups excluding carboxylic acids is 1. The Morgan fingerprint density at radius 1 is 1.40 bits per heavy atom. The molecule has 2 N–H and O–H groups in total. The second kappa shape index (κ2) is 7.47. The van der Waals surface area contributed by atoms with Crippen molar-refractivity contribution in [3.05, 3.63) is 0 Å². The Bertz CT molecular complexity index is 339. The van der Waals surface area contributed by atoms with E-state index in [0.717, 1.165) is 19.4 Å². The van der Waals surface area contributed by atoms with Crippen LogP contribution in [0.4, 0.5) is 4.79 Å². The van der Waals surface area contributed by atoms with E-state index in [1.807, 2.05) is 20.8 Å². The van der Waals surface area contributed by atoms with E-state index in [1.165, 1.54) is 0 Å². The summed E-state index contributed by atoms with van der Waals surface area (Å²) in [7, 11) is 0. The van der Waals surface area contributed by atoms with Gasteiger partial charge in [0.2, 0.25) is 0 Å². The molecule has 6 heteroatoms. The number of carboxylic acids is 1. The third-order valence-corrected chi connectivity index (χ3v) is 3.07. The first-order valence-electron chi connectivity index (χ1n) is 7.21. The predicted octanol–water partition coefficient (Wildman–Crippen LogP) is 1.84. The molecular weight excluding hydrogens is 260 g/mol. The van der Waals surface area contributed by atoms with Crippen molar-refractivity contribution in [3.63, 3.8) is 0 Å². The number of hydrogen-bond acceptors (Lipinski definition) is 4. The molecule has 0 radical (unpaired) electrons. The first-order chi connectivity index (χ1) is 9.28. The molecule has 1 aliphatic heterocycles. The van der Waals surface area contributed by atoms with Crippen molar-refractivity contribution >= 4 is 12.1 Å². The van der Waals surface area contributed by atoms with Crippen LogP contribution in [0.5, 0.6) is 0 Å². The Kier molecular flexibility index (Phi) is 6.26. The number of carbonyl (C=O) groups is 2. The van der Waals surface area contributed by atoms with Gasteiger partial charge in [-0.3, -0.25) is 4.79 Å². The van der Waals surface area contributed by atoms with Gasteiger partial charge in [-0.05, 0) is 46.6 Å². The van der Waals surface area contributed by atoms with Gasteiger partial charge in [-0.25, -0.2) is 4.79 Å². The highest BCUT2D eigenvalue weighted by molar-refractivity contribution is 5.68. The second-order valence-corrected chi connectivity index (χ2v) is 6.22. The van der Waals surface area contributed by atoms with E-state index in [0.29, 0.717) is 19.5 Å². The molecular formula is C14H26N2O4. The molecule has 1 unspecified atom stereocenters. The van der Waals surface area contributed by atoms with E-state index in [1.54, 1.807) is 4.90 Å². The third kappa shape index (κ3) is 6.75. The fraction of sp³-hybridized carbons (Fsp3) is 0.857. The molecule has 0 aliphatic carbocycles. The number of likely N-dealkylation sites (tertiary alicyclic amines) is 1. The highest BCUT2D eigenvalue weighted by Gasteiger charge is 2.27. The molecule has 0 aromatic heterocycles. The lowest BCUT2D eigenvalue weighted by molar-refractivity contribution is -0.137. The van der Waals surface area contributed by atoms with Gasteiger partial charge in [0, 0.05) is 25.6 Å². The predicted molar refractivity (Wildman–Crippen MR) is 75.7 cm³/mol. The maximum Gasteiger partial charge on any atom is 0.410 e. The maximum atomic E-state index is 12.0. The second-order valence-electron chi connectivity index (χ2n) is 6.22. The van der Waals surface area contributed by atoms with Gasteiger partial charge in [0.05, 0.1) is 0 Å². The number of hydrogen-bond donors (Lipinski definition) is 2. The summed E-state index contributed by atoms with van der Waals surface area (Å²) in [6.07, 6.45) is 2.46. The molecule has 0 spiro atoms. The number of ether oxygens (including phenoxy) is 1. The number of carboxylic acid groups (broad SMARTS) is 1. The molecule has 1 fully saturated rings. The van der Waals surface area contributed by atoms with Crippen LogP contribution in [0.2, 0.25) is 0 Å². The van der Waals surface area contributed by atoms with E-state index in [9.17, 15) is 9.59 Å². The van der Waals surface area contributed by atoms with Crippen molar-refractivity contribution in [1.82, 2.24) is 10.2 Å². The van der Waals surface area contributed by atoms with E-state index in [4.69, 9.17) is 9.84 Å². The number of aliphatic carboxylic acids is 1. The van der Waals surface area contributed by atoms with Gasteiger partial charge in [-0.15, -0.1) is 0 Å². The summed E-state index contributed by atoms with van der Waals surface area (Å²) in [6, 6.07) is 0.227. The van der Waals surface area contributed by atoms with Gasteiger partial charge < -0.3 is 20.1 Å². The molecule has 1 aliphatic rings. The van der Waals surface area contributed by atoms with Gasteiger partial charge in [-0.1, -0.05) is 0 Å². The lowest BCUT2D eigenvalue weighted by atomic mass is 10.1. The van der Waals surface area contributed by atoms with Gasteiger partial charge in [0.1, 0.15) is 5.60 Å². The Balaban J connectivity index is 2.31. The number of nitrogens with one attached hydrogen (secondary N) is 1. The van der Waals surface area contributed by atoms with E-state index < -0.39 is 11.6 Å². The summed E-state index contributed by atoms with van der Waals surface area (Å²) in [6.45, 7) is 7.59. The summed E-state index contributed by atoms with van der Waals surface area (Å²) in [5.41, 5.74) is -0.473. The van der Waals surface area contributed by atoms with Gasteiger partial charge in [-0.2, -0.15) is 0 Å². The van der Waals surface area contributed by atoms with Gasteiger partial charge in [0.25, 0.3) is 0 Å². The van der Waals surface area contributed by atoms with Crippen molar-refractivity contribution < 1.29 is 19.4 Å². The highest BCUT2D eigenvalue weighted by Crippen LogP contribution is 2.15. The monoisotopic (exact) mass is 286 g/mol. The lowest BCUT2D eigenvalue weighted by Crippen LogP contribution is -2.49. The standard InChI is InChI=1S/C14H26N2O4/c1-14(2,3)20-13(19)16-9-5-6-11(10-16)15-8-4-7-12(17)18/h11,15H,4-10H2,1-3H3,(H,17,18). The summed E-state index contributed by atoms with van der Waals surface area (Å²) < 4.78 is 5.36. The average Bonchev–Trinajstić information content (AvgIpc) is 2.33. The molecule has 6 nitrogen and oxygen atoms in total. The molecule has 1 saturated heterocycles. The van der Waals surface area contributed by atoms with Crippen LogP contribution in [0.25, 0.3) is 0 Å².